The molecule has 3 rings (SSSR count). The molecule has 0 radical (unpaired) electrons. The Morgan fingerprint density at radius 1 is 0.774 bits per heavy atom. The van der Waals surface area contributed by atoms with Crippen LogP contribution in [0.25, 0.3) is 0 Å². The average Bonchev–Trinajstić information content (AvgIpc) is 2.73. The molecule has 0 aromatic heterocycles. The van der Waals surface area contributed by atoms with Gasteiger partial charge in [-0.3, -0.25) is 0 Å². The SMILES string of the molecule is CC(C)S(=O)(=O)Cc1ccc(CCc2ccc(S(=O)(=O)NC3CCCCC3)cc2)cc1. The van der Waals surface area contributed by atoms with Crippen LogP contribution in [0.4, 0.5) is 0 Å². The predicted octanol–water partition coefficient (Wildman–Crippen LogP) is 4.41. The lowest BCUT2D eigenvalue weighted by Gasteiger charge is -2.22. The van der Waals surface area contributed by atoms with Crippen molar-refractivity contribution in [2.24, 2.45) is 0 Å². The van der Waals surface area contributed by atoms with Gasteiger partial charge in [0.2, 0.25) is 10.0 Å². The summed E-state index contributed by atoms with van der Waals surface area (Å²) in [5, 5.41) is -0.378. The summed E-state index contributed by atoms with van der Waals surface area (Å²) in [6.07, 6.45) is 6.79. The number of rotatable bonds is 9. The fourth-order valence-corrected chi connectivity index (χ4v) is 6.13. The van der Waals surface area contributed by atoms with E-state index in [-0.39, 0.29) is 17.0 Å². The smallest absolute Gasteiger partial charge is 0.228 e. The average molecular weight is 464 g/mol. The summed E-state index contributed by atoms with van der Waals surface area (Å²) in [6, 6.07) is 14.9. The van der Waals surface area contributed by atoms with Gasteiger partial charge >= 0.3 is 0 Å². The van der Waals surface area contributed by atoms with Gasteiger partial charge in [-0.2, -0.15) is 0 Å². The Morgan fingerprint density at radius 3 is 1.77 bits per heavy atom. The van der Waals surface area contributed by atoms with Crippen LogP contribution in [0.1, 0.15) is 62.6 Å². The van der Waals surface area contributed by atoms with Crippen LogP contribution in [-0.2, 0) is 38.5 Å². The van der Waals surface area contributed by atoms with Crippen LogP contribution >= 0.6 is 0 Å². The molecule has 2 aromatic carbocycles. The van der Waals surface area contributed by atoms with Crippen molar-refractivity contribution in [3.8, 4) is 0 Å². The Morgan fingerprint density at radius 2 is 1.26 bits per heavy atom. The second-order valence-electron chi connectivity index (χ2n) is 8.77. The molecule has 7 heteroatoms. The third-order valence-corrected chi connectivity index (χ3v) is 9.68. The highest BCUT2D eigenvalue weighted by Gasteiger charge is 2.21. The molecule has 0 amide bonds. The van der Waals surface area contributed by atoms with Crippen molar-refractivity contribution >= 4 is 19.9 Å². The van der Waals surface area contributed by atoms with Crippen molar-refractivity contribution in [3.05, 3.63) is 65.2 Å². The predicted molar refractivity (Wildman–Crippen MR) is 125 cm³/mol. The maximum Gasteiger partial charge on any atom is 0.240 e. The van der Waals surface area contributed by atoms with E-state index in [1.807, 2.05) is 36.4 Å². The molecule has 0 bridgehead atoms. The first-order valence-corrected chi connectivity index (χ1v) is 14.3. The highest BCUT2D eigenvalue weighted by atomic mass is 32.2. The van der Waals surface area contributed by atoms with Crippen molar-refractivity contribution in [1.82, 2.24) is 4.72 Å². The molecule has 170 valence electrons. The molecule has 0 atom stereocenters. The van der Waals surface area contributed by atoms with Crippen LogP contribution < -0.4 is 4.72 Å². The first kappa shape index (κ1) is 24.0. The van der Waals surface area contributed by atoms with Gasteiger partial charge in [0.05, 0.1) is 15.9 Å². The lowest BCUT2D eigenvalue weighted by Crippen LogP contribution is -2.36. The molecule has 0 aliphatic heterocycles. The molecule has 1 aliphatic carbocycles. The van der Waals surface area contributed by atoms with Crippen molar-refractivity contribution in [2.75, 3.05) is 0 Å². The highest BCUT2D eigenvalue weighted by Crippen LogP contribution is 2.20. The number of sulfonamides is 1. The number of sulfone groups is 1. The first-order chi connectivity index (χ1) is 14.7. The third-order valence-electron chi connectivity index (χ3n) is 5.97. The molecule has 1 saturated carbocycles. The number of aryl methyl sites for hydroxylation is 2. The molecule has 0 spiro atoms. The van der Waals surface area contributed by atoms with Crippen LogP contribution in [0.5, 0.6) is 0 Å². The summed E-state index contributed by atoms with van der Waals surface area (Å²) >= 11 is 0. The van der Waals surface area contributed by atoms with Crippen molar-refractivity contribution in [1.29, 1.82) is 0 Å². The molecule has 1 N–H and O–H groups in total. The van der Waals surface area contributed by atoms with Crippen molar-refractivity contribution in [3.63, 3.8) is 0 Å². The maximum atomic E-state index is 12.6. The van der Waals surface area contributed by atoms with Gasteiger partial charge < -0.3 is 0 Å². The zero-order valence-electron chi connectivity index (χ0n) is 18.4. The van der Waals surface area contributed by atoms with E-state index in [1.165, 1.54) is 6.42 Å². The quantitative estimate of drug-likeness (QED) is 0.597. The topological polar surface area (TPSA) is 80.3 Å². The summed E-state index contributed by atoms with van der Waals surface area (Å²) in [6.45, 7) is 3.40. The molecule has 0 saturated heterocycles. The Labute approximate surface area is 187 Å². The van der Waals surface area contributed by atoms with E-state index >= 15 is 0 Å². The van der Waals surface area contributed by atoms with Gasteiger partial charge in [-0.15, -0.1) is 0 Å². The van der Waals surface area contributed by atoms with Crippen LogP contribution in [0.2, 0.25) is 0 Å². The molecule has 1 fully saturated rings. The standard InChI is InChI=1S/C24H33NO4S2/c1-19(2)30(26,27)18-22-12-10-20(11-13-22)8-9-21-14-16-24(17-15-21)31(28,29)25-23-6-4-3-5-7-23/h10-17,19,23,25H,3-9,18H2,1-2H3. The van der Waals surface area contributed by atoms with Crippen LogP contribution in [0.15, 0.2) is 53.4 Å². The summed E-state index contributed by atoms with van der Waals surface area (Å²) in [7, 11) is -6.57. The Bertz CT molecular complexity index is 1050. The summed E-state index contributed by atoms with van der Waals surface area (Å²) < 4.78 is 52.2. The van der Waals surface area contributed by atoms with Gasteiger partial charge in [0, 0.05) is 6.04 Å². The van der Waals surface area contributed by atoms with Crippen LogP contribution in [0.3, 0.4) is 0 Å². The van der Waals surface area contributed by atoms with E-state index in [0.29, 0.717) is 4.90 Å². The summed E-state index contributed by atoms with van der Waals surface area (Å²) in [4.78, 5) is 0.317. The van der Waals surface area contributed by atoms with E-state index < -0.39 is 19.9 Å². The lowest BCUT2D eigenvalue weighted by atomic mass is 9.96. The van der Waals surface area contributed by atoms with E-state index in [1.54, 1.807) is 26.0 Å². The van der Waals surface area contributed by atoms with E-state index in [4.69, 9.17) is 0 Å². The normalized spacial score (nSPS) is 16.0. The van der Waals surface area contributed by atoms with Gasteiger partial charge in [0.1, 0.15) is 0 Å². The molecule has 31 heavy (non-hydrogen) atoms. The van der Waals surface area contributed by atoms with Gasteiger partial charge in [-0.1, -0.05) is 55.7 Å². The number of hydrogen-bond donors (Lipinski definition) is 1. The van der Waals surface area contributed by atoms with E-state index in [0.717, 1.165) is 55.2 Å². The first-order valence-electron chi connectivity index (χ1n) is 11.1. The third kappa shape index (κ3) is 6.89. The van der Waals surface area contributed by atoms with Gasteiger partial charge in [0.25, 0.3) is 0 Å². The molecule has 1 aliphatic rings. The maximum absolute atomic E-state index is 12.6. The number of nitrogens with one attached hydrogen (secondary N) is 1. The van der Waals surface area contributed by atoms with Gasteiger partial charge in [-0.25, -0.2) is 21.6 Å². The van der Waals surface area contributed by atoms with E-state index in [9.17, 15) is 16.8 Å². The Balaban J connectivity index is 1.55. The lowest BCUT2D eigenvalue weighted by molar-refractivity contribution is 0.412. The molecule has 0 heterocycles. The zero-order valence-corrected chi connectivity index (χ0v) is 20.0. The second-order valence-corrected chi connectivity index (χ2v) is 13.0. The largest absolute Gasteiger partial charge is 0.240 e. The molecule has 0 unspecified atom stereocenters. The molecule has 5 nitrogen and oxygen atoms in total. The van der Waals surface area contributed by atoms with Crippen molar-refractivity contribution in [2.45, 2.75) is 80.7 Å². The summed E-state index contributed by atoms with van der Waals surface area (Å²) in [5.41, 5.74) is 3.00. The Kier molecular flexibility index (Phi) is 7.94. The van der Waals surface area contributed by atoms with Crippen molar-refractivity contribution < 1.29 is 16.8 Å². The van der Waals surface area contributed by atoms with Gasteiger partial charge in [-0.05, 0) is 68.4 Å². The highest BCUT2D eigenvalue weighted by molar-refractivity contribution is 7.91. The van der Waals surface area contributed by atoms with E-state index in [2.05, 4.69) is 4.72 Å². The fourth-order valence-electron chi connectivity index (χ4n) is 3.83. The van der Waals surface area contributed by atoms with Crippen LogP contribution in [-0.4, -0.2) is 28.1 Å². The minimum absolute atomic E-state index is 0.0527. The summed E-state index contributed by atoms with van der Waals surface area (Å²) in [5.74, 6) is 0.0653. The fraction of sp³-hybridized carbons (Fsp3) is 0.500. The molecular formula is C24H33NO4S2. The monoisotopic (exact) mass is 463 g/mol. The minimum atomic E-state index is -3.47. The van der Waals surface area contributed by atoms with Gasteiger partial charge in [0.15, 0.2) is 9.84 Å². The number of hydrogen-bond acceptors (Lipinski definition) is 4. The molecular weight excluding hydrogens is 430 g/mol. The molecule has 2 aromatic rings. The minimum Gasteiger partial charge on any atom is -0.228 e. The Hall–Kier alpha value is -1.70. The second kappa shape index (κ2) is 10.3. The zero-order chi connectivity index (χ0) is 22.5. The van der Waals surface area contributed by atoms with Crippen LogP contribution in [0, 0.1) is 0 Å². The number of benzene rings is 2.